The maximum atomic E-state index is 9.64. The van der Waals surface area contributed by atoms with Crippen LogP contribution >= 0.6 is 0 Å². The summed E-state index contributed by atoms with van der Waals surface area (Å²) in [5.74, 6) is 0.325. The first-order valence-corrected chi connectivity index (χ1v) is 5.70. The molecule has 0 heterocycles. The number of aromatic hydroxyl groups is 1. The predicted octanol–water partition coefficient (Wildman–Crippen LogP) is 3.06. The fraction of sp³-hybridized carbons (Fsp3) is 0.200. The highest BCUT2D eigenvalue weighted by molar-refractivity contribution is 5.44. The highest BCUT2D eigenvalue weighted by Gasteiger charge is 2.12. The van der Waals surface area contributed by atoms with Crippen LogP contribution in [0.25, 0.3) is 0 Å². The zero-order chi connectivity index (χ0) is 12.4. The maximum Gasteiger partial charge on any atom is 0.118 e. The smallest absolute Gasteiger partial charge is 0.118 e. The van der Waals surface area contributed by atoms with Gasteiger partial charge in [-0.1, -0.05) is 36.4 Å². The number of nitrogens with two attached hydrogens (primary N) is 1. The Bertz CT molecular complexity index is 520. The van der Waals surface area contributed by atoms with Crippen LogP contribution in [0.5, 0.6) is 5.75 Å². The van der Waals surface area contributed by atoms with Gasteiger partial charge >= 0.3 is 0 Å². The van der Waals surface area contributed by atoms with E-state index in [4.69, 9.17) is 5.73 Å². The Kier molecular flexibility index (Phi) is 3.16. The fourth-order valence-corrected chi connectivity index (χ4v) is 2.00. The Balaban J connectivity index is 2.44. The van der Waals surface area contributed by atoms with Crippen molar-refractivity contribution in [3.8, 4) is 5.75 Å². The van der Waals surface area contributed by atoms with E-state index in [1.54, 1.807) is 6.07 Å². The van der Waals surface area contributed by atoms with Crippen LogP contribution < -0.4 is 5.73 Å². The Morgan fingerprint density at radius 1 is 1.00 bits per heavy atom. The fourth-order valence-electron chi connectivity index (χ4n) is 2.00. The van der Waals surface area contributed by atoms with Crippen LogP contribution in [0, 0.1) is 13.8 Å². The van der Waals surface area contributed by atoms with E-state index in [1.807, 2.05) is 50.2 Å². The monoisotopic (exact) mass is 227 g/mol. The molecule has 1 atom stereocenters. The molecule has 2 aromatic rings. The zero-order valence-electron chi connectivity index (χ0n) is 10.1. The molecular formula is C15H17NO. The molecule has 2 heteroatoms. The molecule has 0 aliphatic heterocycles. The Morgan fingerprint density at radius 3 is 2.29 bits per heavy atom. The molecule has 2 rings (SSSR count). The van der Waals surface area contributed by atoms with Gasteiger partial charge in [0.25, 0.3) is 0 Å². The van der Waals surface area contributed by atoms with E-state index < -0.39 is 0 Å². The minimum Gasteiger partial charge on any atom is -0.508 e. The third-order valence-corrected chi connectivity index (χ3v) is 3.08. The molecule has 0 spiro atoms. The van der Waals surface area contributed by atoms with E-state index >= 15 is 0 Å². The van der Waals surface area contributed by atoms with Crippen LogP contribution in [0.2, 0.25) is 0 Å². The van der Waals surface area contributed by atoms with Gasteiger partial charge in [0.2, 0.25) is 0 Å². The van der Waals surface area contributed by atoms with Crippen LogP contribution in [0.1, 0.15) is 28.3 Å². The van der Waals surface area contributed by atoms with Gasteiger partial charge in [-0.3, -0.25) is 0 Å². The highest BCUT2D eigenvalue weighted by atomic mass is 16.3. The summed E-state index contributed by atoms with van der Waals surface area (Å²) < 4.78 is 0. The first kappa shape index (κ1) is 11.7. The predicted molar refractivity (Wildman–Crippen MR) is 70.1 cm³/mol. The third kappa shape index (κ3) is 2.32. The van der Waals surface area contributed by atoms with Gasteiger partial charge in [-0.2, -0.15) is 0 Å². The van der Waals surface area contributed by atoms with Crippen molar-refractivity contribution in [3.05, 3.63) is 64.7 Å². The zero-order valence-corrected chi connectivity index (χ0v) is 10.1. The van der Waals surface area contributed by atoms with Crippen molar-refractivity contribution < 1.29 is 5.11 Å². The summed E-state index contributed by atoms with van der Waals surface area (Å²) in [5, 5.41) is 9.64. The number of hydrogen-bond acceptors (Lipinski definition) is 2. The number of phenols is 1. The summed E-state index contributed by atoms with van der Waals surface area (Å²) in [6.07, 6.45) is 0. The summed E-state index contributed by atoms with van der Waals surface area (Å²) in [5.41, 5.74) is 10.3. The standard InChI is InChI=1S/C15H17NO/c1-10-9-14(17)11(2)8-13(10)15(16)12-6-4-3-5-7-12/h3-9,15,17H,16H2,1-2H3. The molecule has 0 saturated heterocycles. The number of aryl methyl sites for hydroxylation is 2. The molecule has 17 heavy (non-hydrogen) atoms. The Labute approximate surface area is 102 Å². The molecule has 0 aromatic heterocycles. The molecule has 0 fully saturated rings. The molecule has 0 bridgehead atoms. The van der Waals surface area contributed by atoms with Crippen LogP contribution in [-0.4, -0.2) is 5.11 Å². The lowest BCUT2D eigenvalue weighted by Gasteiger charge is -2.16. The topological polar surface area (TPSA) is 46.2 Å². The van der Waals surface area contributed by atoms with Crippen molar-refractivity contribution in [3.63, 3.8) is 0 Å². The normalized spacial score (nSPS) is 12.4. The molecule has 0 amide bonds. The van der Waals surface area contributed by atoms with Crippen LogP contribution in [0.4, 0.5) is 0 Å². The second-order valence-electron chi connectivity index (χ2n) is 4.38. The van der Waals surface area contributed by atoms with Crippen LogP contribution in [0.15, 0.2) is 42.5 Å². The van der Waals surface area contributed by atoms with Gasteiger partial charge in [0, 0.05) is 0 Å². The van der Waals surface area contributed by atoms with E-state index in [0.29, 0.717) is 5.75 Å². The first-order chi connectivity index (χ1) is 8.09. The van der Waals surface area contributed by atoms with Gasteiger partial charge in [-0.25, -0.2) is 0 Å². The Morgan fingerprint density at radius 2 is 1.65 bits per heavy atom. The van der Waals surface area contributed by atoms with E-state index in [9.17, 15) is 5.11 Å². The molecule has 1 unspecified atom stereocenters. The third-order valence-electron chi connectivity index (χ3n) is 3.08. The second-order valence-corrected chi connectivity index (χ2v) is 4.38. The van der Waals surface area contributed by atoms with Crippen molar-refractivity contribution >= 4 is 0 Å². The van der Waals surface area contributed by atoms with Gasteiger partial charge in [0.1, 0.15) is 5.75 Å². The number of hydrogen-bond donors (Lipinski definition) is 2. The van der Waals surface area contributed by atoms with E-state index in [0.717, 1.165) is 22.3 Å². The van der Waals surface area contributed by atoms with Gasteiger partial charge in [0.15, 0.2) is 0 Å². The van der Waals surface area contributed by atoms with E-state index in [-0.39, 0.29) is 6.04 Å². The molecule has 0 radical (unpaired) electrons. The first-order valence-electron chi connectivity index (χ1n) is 5.70. The van der Waals surface area contributed by atoms with Crippen molar-refractivity contribution in [1.82, 2.24) is 0 Å². The molecular weight excluding hydrogens is 210 g/mol. The van der Waals surface area contributed by atoms with E-state index in [2.05, 4.69) is 0 Å². The van der Waals surface area contributed by atoms with Gasteiger partial charge in [-0.15, -0.1) is 0 Å². The van der Waals surface area contributed by atoms with Crippen molar-refractivity contribution in [2.75, 3.05) is 0 Å². The number of phenolic OH excluding ortho intramolecular Hbond substituents is 1. The lowest BCUT2D eigenvalue weighted by molar-refractivity contribution is 0.470. The number of benzene rings is 2. The van der Waals surface area contributed by atoms with Crippen LogP contribution in [-0.2, 0) is 0 Å². The van der Waals surface area contributed by atoms with Crippen LogP contribution in [0.3, 0.4) is 0 Å². The van der Waals surface area contributed by atoms with E-state index in [1.165, 1.54) is 0 Å². The minimum absolute atomic E-state index is 0.143. The average Bonchev–Trinajstić information content (AvgIpc) is 2.34. The molecule has 0 aliphatic carbocycles. The summed E-state index contributed by atoms with van der Waals surface area (Å²) in [7, 11) is 0. The van der Waals surface area contributed by atoms with Crippen molar-refractivity contribution in [2.45, 2.75) is 19.9 Å². The molecule has 0 aliphatic rings. The quantitative estimate of drug-likeness (QED) is 0.828. The highest BCUT2D eigenvalue weighted by Crippen LogP contribution is 2.28. The van der Waals surface area contributed by atoms with Gasteiger partial charge in [-0.05, 0) is 42.2 Å². The van der Waals surface area contributed by atoms with Crippen molar-refractivity contribution in [1.29, 1.82) is 0 Å². The minimum atomic E-state index is -0.143. The number of rotatable bonds is 2. The van der Waals surface area contributed by atoms with Gasteiger partial charge in [0.05, 0.1) is 6.04 Å². The summed E-state index contributed by atoms with van der Waals surface area (Å²) in [4.78, 5) is 0. The summed E-state index contributed by atoms with van der Waals surface area (Å²) in [6.45, 7) is 3.85. The lowest BCUT2D eigenvalue weighted by Crippen LogP contribution is -2.13. The second kappa shape index (κ2) is 4.60. The molecule has 2 nitrogen and oxygen atoms in total. The average molecular weight is 227 g/mol. The molecule has 3 N–H and O–H groups in total. The van der Waals surface area contributed by atoms with Gasteiger partial charge < -0.3 is 10.8 Å². The van der Waals surface area contributed by atoms with Crippen molar-refractivity contribution in [2.24, 2.45) is 5.73 Å². The largest absolute Gasteiger partial charge is 0.508 e. The maximum absolute atomic E-state index is 9.64. The Hall–Kier alpha value is -1.80. The molecule has 0 saturated carbocycles. The summed E-state index contributed by atoms with van der Waals surface area (Å²) >= 11 is 0. The lowest BCUT2D eigenvalue weighted by atomic mass is 9.94. The SMILES string of the molecule is Cc1cc(C(N)c2ccccc2)c(C)cc1O. The summed E-state index contributed by atoms with van der Waals surface area (Å²) in [6, 6.07) is 13.6. The molecule has 2 aromatic carbocycles. The molecule has 88 valence electrons.